The van der Waals surface area contributed by atoms with Gasteiger partial charge in [-0.2, -0.15) is 0 Å². The number of hydrogen-bond donors (Lipinski definition) is 2. The summed E-state index contributed by atoms with van der Waals surface area (Å²) in [5.74, 6) is -0.322. The lowest BCUT2D eigenvalue weighted by molar-refractivity contribution is 0.0924. The quantitative estimate of drug-likeness (QED) is 0.860. The van der Waals surface area contributed by atoms with Crippen LogP contribution in [0.2, 0.25) is 10.0 Å². The van der Waals surface area contributed by atoms with Crippen molar-refractivity contribution < 1.29 is 9.90 Å². The van der Waals surface area contributed by atoms with E-state index in [9.17, 15) is 4.79 Å². The summed E-state index contributed by atoms with van der Waals surface area (Å²) in [6.07, 6.45) is -0.583. The summed E-state index contributed by atoms with van der Waals surface area (Å²) >= 11 is 11.5. The first-order valence-corrected chi connectivity index (χ1v) is 5.17. The summed E-state index contributed by atoms with van der Waals surface area (Å²) in [6.45, 7) is 1.78. The van der Waals surface area contributed by atoms with E-state index in [0.29, 0.717) is 15.6 Å². The lowest BCUT2D eigenvalue weighted by atomic mass is 10.2. The van der Waals surface area contributed by atoms with Crippen LogP contribution >= 0.6 is 23.2 Å². The second-order valence-electron chi connectivity index (χ2n) is 3.18. The average Bonchev–Trinajstić information content (AvgIpc) is 2.14. The van der Waals surface area contributed by atoms with Crippen molar-refractivity contribution in [3.05, 3.63) is 33.8 Å². The molecule has 0 saturated carbocycles. The first-order chi connectivity index (χ1) is 7.00. The summed E-state index contributed by atoms with van der Waals surface area (Å²) in [5, 5.41) is 12.3. The Morgan fingerprint density at radius 2 is 2.20 bits per heavy atom. The van der Waals surface area contributed by atoms with Gasteiger partial charge in [0.2, 0.25) is 0 Å². The molecular formula is C10H11Cl2NO2. The van der Waals surface area contributed by atoms with Crippen LogP contribution in [0.1, 0.15) is 17.3 Å². The van der Waals surface area contributed by atoms with Gasteiger partial charge in [0, 0.05) is 11.6 Å². The maximum absolute atomic E-state index is 11.5. The summed E-state index contributed by atoms with van der Waals surface area (Å²) < 4.78 is 0. The van der Waals surface area contributed by atoms with Crippen molar-refractivity contribution in [2.24, 2.45) is 0 Å². The van der Waals surface area contributed by atoms with E-state index < -0.39 is 6.10 Å². The number of carbonyl (C=O) groups is 1. The van der Waals surface area contributed by atoms with Gasteiger partial charge >= 0.3 is 0 Å². The molecule has 15 heavy (non-hydrogen) atoms. The van der Waals surface area contributed by atoms with Gasteiger partial charge in [-0.15, -0.1) is 0 Å². The largest absolute Gasteiger partial charge is 0.392 e. The Bertz CT molecular complexity index is 366. The van der Waals surface area contributed by atoms with Gasteiger partial charge in [-0.05, 0) is 25.1 Å². The topological polar surface area (TPSA) is 49.3 Å². The fourth-order valence-corrected chi connectivity index (χ4v) is 1.50. The van der Waals surface area contributed by atoms with E-state index in [4.69, 9.17) is 28.3 Å². The molecule has 2 N–H and O–H groups in total. The number of hydrogen-bond acceptors (Lipinski definition) is 2. The van der Waals surface area contributed by atoms with Crippen LogP contribution in [-0.4, -0.2) is 23.7 Å². The van der Waals surface area contributed by atoms with Crippen LogP contribution in [-0.2, 0) is 0 Å². The predicted octanol–water partition coefficient (Wildman–Crippen LogP) is 2.10. The third kappa shape index (κ3) is 3.70. The molecule has 0 fully saturated rings. The Morgan fingerprint density at radius 3 is 2.73 bits per heavy atom. The Hall–Kier alpha value is -0.770. The molecular weight excluding hydrogens is 237 g/mol. The second-order valence-corrected chi connectivity index (χ2v) is 4.03. The third-order valence-corrected chi connectivity index (χ3v) is 2.28. The minimum absolute atomic E-state index is 0.192. The monoisotopic (exact) mass is 247 g/mol. The smallest absolute Gasteiger partial charge is 0.252 e. The van der Waals surface area contributed by atoms with Crippen LogP contribution in [0.5, 0.6) is 0 Å². The average molecular weight is 248 g/mol. The number of nitrogens with one attached hydrogen (secondary N) is 1. The van der Waals surface area contributed by atoms with Crippen molar-refractivity contribution in [1.82, 2.24) is 5.32 Å². The lowest BCUT2D eigenvalue weighted by Crippen LogP contribution is -2.30. The third-order valence-electron chi connectivity index (χ3n) is 1.73. The molecule has 0 aliphatic carbocycles. The molecule has 1 unspecified atom stereocenters. The van der Waals surface area contributed by atoms with E-state index in [1.54, 1.807) is 19.1 Å². The van der Waals surface area contributed by atoms with Gasteiger partial charge in [-0.3, -0.25) is 4.79 Å². The number of aliphatic hydroxyl groups excluding tert-OH is 1. The van der Waals surface area contributed by atoms with Crippen LogP contribution in [0.3, 0.4) is 0 Å². The summed E-state index contributed by atoms with van der Waals surface area (Å²) in [4.78, 5) is 11.5. The standard InChI is InChI=1S/C10H11Cl2NO2/c1-6(14)5-13-10(15)8-3-2-7(11)4-9(8)12/h2-4,6,14H,5H2,1H3,(H,13,15). The molecule has 1 atom stereocenters. The summed E-state index contributed by atoms with van der Waals surface area (Å²) in [7, 11) is 0. The molecule has 3 nitrogen and oxygen atoms in total. The Kier molecular flexibility index (Phi) is 4.39. The molecule has 0 aromatic heterocycles. The van der Waals surface area contributed by atoms with E-state index in [-0.39, 0.29) is 12.5 Å². The van der Waals surface area contributed by atoms with Crippen LogP contribution in [0, 0.1) is 0 Å². The van der Waals surface area contributed by atoms with Gasteiger partial charge in [0.1, 0.15) is 0 Å². The molecule has 1 amide bonds. The van der Waals surface area contributed by atoms with Gasteiger partial charge in [0.25, 0.3) is 5.91 Å². The zero-order valence-electron chi connectivity index (χ0n) is 8.13. The Labute approximate surface area is 98.0 Å². The van der Waals surface area contributed by atoms with Crippen LogP contribution in [0.15, 0.2) is 18.2 Å². The van der Waals surface area contributed by atoms with Crippen molar-refractivity contribution >= 4 is 29.1 Å². The maximum atomic E-state index is 11.5. The van der Waals surface area contributed by atoms with E-state index >= 15 is 0 Å². The van der Waals surface area contributed by atoms with Crippen molar-refractivity contribution in [2.45, 2.75) is 13.0 Å². The molecule has 1 rings (SSSR count). The van der Waals surface area contributed by atoms with Crippen LogP contribution < -0.4 is 5.32 Å². The highest BCUT2D eigenvalue weighted by Gasteiger charge is 2.10. The van der Waals surface area contributed by atoms with Gasteiger partial charge in [-0.1, -0.05) is 23.2 Å². The Morgan fingerprint density at radius 1 is 1.53 bits per heavy atom. The minimum Gasteiger partial charge on any atom is -0.392 e. The lowest BCUT2D eigenvalue weighted by Gasteiger charge is -2.08. The van der Waals surface area contributed by atoms with E-state index in [1.807, 2.05) is 0 Å². The SMILES string of the molecule is CC(O)CNC(=O)c1ccc(Cl)cc1Cl. The fraction of sp³-hybridized carbons (Fsp3) is 0.300. The molecule has 0 aliphatic rings. The number of rotatable bonds is 3. The molecule has 0 spiro atoms. The predicted molar refractivity (Wildman–Crippen MR) is 60.5 cm³/mol. The highest BCUT2D eigenvalue weighted by Crippen LogP contribution is 2.20. The zero-order valence-corrected chi connectivity index (χ0v) is 9.64. The first kappa shape index (κ1) is 12.3. The van der Waals surface area contributed by atoms with Gasteiger partial charge in [-0.25, -0.2) is 0 Å². The molecule has 1 aromatic rings. The molecule has 0 aliphatic heterocycles. The van der Waals surface area contributed by atoms with Crippen LogP contribution in [0.25, 0.3) is 0 Å². The normalized spacial score (nSPS) is 12.3. The number of benzene rings is 1. The summed E-state index contributed by atoms with van der Waals surface area (Å²) in [5.41, 5.74) is 0.349. The number of halogens is 2. The van der Waals surface area contributed by atoms with Crippen LogP contribution in [0.4, 0.5) is 0 Å². The minimum atomic E-state index is -0.583. The maximum Gasteiger partial charge on any atom is 0.252 e. The van der Waals surface area contributed by atoms with Gasteiger partial charge in [0.05, 0.1) is 16.7 Å². The second kappa shape index (κ2) is 5.35. The van der Waals surface area contributed by atoms with E-state index in [0.717, 1.165) is 0 Å². The molecule has 1 aromatic carbocycles. The zero-order chi connectivity index (χ0) is 11.4. The van der Waals surface area contributed by atoms with E-state index in [2.05, 4.69) is 5.32 Å². The number of aliphatic hydroxyl groups is 1. The van der Waals surface area contributed by atoms with Crippen molar-refractivity contribution in [2.75, 3.05) is 6.54 Å². The Balaban J connectivity index is 2.74. The molecule has 0 heterocycles. The molecule has 0 bridgehead atoms. The van der Waals surface area contributed by atoms with Crippen molar-refractivity contribution in [1.29, 1.82) is 0 Å². The highest BCUT2D eigenvalue weighted by atomic mass is 35.5. The van der Waals surface area contributed by atoms with E-state index in [1.165, 1.54) is 6.07 Å². The number of amides is 1. The molecule has 82 valence electrons. The molecule has 0 radical (unpaired) electrons. The fourth-order valence-electron chi connectivity index (χ4n) is 1.01. The first-order valence-electron chi connectivity index (χ1n) is 4.42. The van der Waals surface area contributed by atoms with Crippen molar-refractivity contribution in [3.63, 3.8) is 0 Å². The van der Waals surface area contributed by atoms with Gasteiger partial charge < -0.3 is 10.4 Å². The number of carbonyl (C=O) groups excluding carboxylic acids is 1. The van der Waals surface area contributed by atoms with Crippen molar-refractivity contribution in [3.8, 4) is 0 Å². The molecule has 5 heteroatoms. The highest BCUT2D eigenvalue weighted by molar-refractivity contribution is 6.36. The van der Waals surface area contributed by atoms with Gasteiger partial charge in [0.15, 0.2) is 0 Å². The molecule has 0 saturated heterocycles. The summed E-state index contributed by atoms with van der Waals surface area (Å²) in [6, 6.07) is 4.63.